The fourth-order valence-corrected chi connectivity index (χ4v) is 4.50. The second-order valence-electron chi connectivity index (χ2n) is 8.52. The molecule has 152 valence electrons. The van der Waals surface area contributed by atoms with Gasteiger partial charge in [0.15, 0.2) is 0 Å². The van der Waals surface area contributed by atoms with Gasteiger partial charge in [0.25, 0.3) is 5.91 Å². The Hall–Kier alpha value is -3.08. The van der Waals surface area contributed by atoms with Gasteiger partial charge in [0.2, 0.25) is 0 Å². The number of amides is 1. The summed E-state index contributed by atoms with van der Waals surface area (Å²) in [6.45, 7) is 2.07. The molecule has 5 heteroatoms. The third kappa shape index (κ3) is 3.49. The van der Waals surface area contributed by atoms with Gasteiger partial charge in [0, 0.05) is 29.6 Å². The summed E-state index contributed by atoms with van der Waals surface area (Å²) in [7, 11) is 0. The van der Waals surface area contributed by atoms with Crippen LogP contribution in [-0.2, 0) is 12.0 Å². The highest BCUT2D eigenvalue weighted by molar-refractivity contribution is 5.95. The maximum Gasteiger partial charge on any atom is 0.252 e. The van der Waals surface area contributed by atoms with E-state index in [2.05, 4.69) is 35.4 Å². The zero-order valence-electron chi connectivity index (χ0n) is 17.0. The number of hydrogen-bond donors (Lipinski definition) is 1. The van der Waals surface area contributed by atoms with Gasteiger partial charge in [0.1, 0.15) is 5.82 Å². The average Bonchev–Trinajstić information content (AvgIpc) is 3.54. The first-order valence-corrected chi connectivity index (χ1v) is 10.5. The van der Waals surface area contributed by atoms with Crippen molar-refractivity contribution >= 4 is 5.91 Å². The summed E-state index contributed by atoms with van der Waals surface area (Å²) < 4.78 is 13.2. The Kier molecular flexibility index (Phi) is 4.61. The Bertz CT molecular complexity index is 1110. The highest BCUT2D eigenvalue weighted by atomic mass is 19.1. The van der Waals surface area contributed by atoms with Crippen molar-refractivity contribution in [2.75, 3.05) is 0 Å². The number of aromatic nitrogens is 2. The molecule has 0 radical (unpaired) electrons. The van der Waals surface area contributed by atoms with Crippen LogP contribution in [0, 0.1) is 12.7 Å². The van der Waals surface area contributed by atoms with Crippen molar-refractivity contribution in [3.05, 3.63) is 94.3 Å². The van der Waals surface area contributed by atoms with E-state index in [1.807, 2.05) is 12.4 Å². The van der Waals surface area contributed by atoms with Gasteiger partial charge in [0.05, 0.1) is 11.2 Å². The predicted molar refractivity (Wildman–Crippen MR) is 113 cm³/mol. The Balaban J connectivity index is 1.41. The molecule has 4 nitrogen and oxygen atoms in total. The zero-order chi connectivity index (χ0) is 20.7. The van der Waals surface area contributed by atoms with Gasteiger partial charge >= 0.3 is 0 Å². The Morgan fingerprint density at radius 1 is 1.13 bits per heavy atom. The summed E-state index contributed by atoms with van der Waals surface area (Å²) in [6, 6.07) is 12.1. The normalized spacial score (nSPS) is 19.1. The van der Waals surface area contributed by atoms with Crippen LogP contribution in [0.25, 0.3) is 0 Å². The third-order valence-corrected chi connectivity index (χ3v) is 6.29. The van der Waals surface area contributed by atoms with E-state index in [0.29, 0.717) is 11.5 Å². The second-order valence-corrected chi connectivity index (χ2v) is 8.52. The number of carbonyl (C=O) groups is 1. The lowest BCUT2D eigenvalue weighted by atomic mass is 9.81. The summed E-state index contributed by atoms with van der Waals surface area (Å²) in [6.07, 6.45) is 8.75. The van der Waals surface area contributed by atoms with E-state index in [9.17, 15) is 9.18 Å². The molecule has 2 aliphatic carbocycles. The van der Waals surface area contributed by atoms with Gasteiger partial charge < -0.3 is 5.32 Å². The number of rotatable bonds is 4. The number of benzene rings is 1. The quantitative estimate of drug-likeness (QED) is 0.682. The number of pyridine rings is 2. The molecule has 0 spiro atoms. The van der Waals surface area contributed by atoms with Crippen molar-refractivity contribution in [2.45, 2.75) is 50.5 Å². The minimum Gasteiger partial charge on any atom is -0.341 e. The van der Waals surface area contributed by atoms with E-state index in [0.717, 1.165) is 43.5 Å². The van der Waals surface area contributed by atoms with Crippen LogP contribution in [-0.4, -0.2) is 15.9 Å². The van der Waals surface area contributed by atoms with Gasteiger partial charge in [-0.1, -0.05) is 12.1 Å². The molecular formula is C25H24FN3O. The number of nitrogens with one attached hydrogen (secondary N) is 1. The summed E-state index contributed by atoms with van der Waals surface area (Å²) in [5.41, 5.74) is 5.82. The topological polar surface area (TPSA) is 54.9 Å². The Morgan fingerprint density at radius 2 is 1.93 bits per heavy atom. The first-order valence-electron chi connectivity index (χ1n) is 10.5. The highest BCUT2D eigenvalue weighted by Gasteiger charge is 2.47. The number of carbonyl (C=O) groups excluding carboxylic acids is 1. The van der Waals surface area contributed by atoms with E-state index in [-0.39, 0.29) is 11.7 Å². The van der Waals surface area contributed by atoms with Crippen molar-refractivity contribution in [1.82, 2.24) is 15.3 Å². The molecule has 1 amide bonds. The van der Waals surface area contributed by atoms with Crippen LogP contribution in [0.2, 0.25) is 0 Å². The molecule has 30 heavy (non-hydrogen) atoms. The smallest absolute Gasteiger partial charge is 0.252 e. The predicted octanol–water partition coefficient (Wildman–Crippen LogP) is 4.81. The molecule has 1 aromatic carbocycles. The minimum absolute atomic E-state index is 0.185. The van der Waals surface area contributed by atoms with Crippen LogP contribution in [0.4, 0.5) is 4.39 Å². The number of halogens is 1. The van der Waals surface area contributed by atoms with E-state index in [4.69, 9.17) is 4.98 Å². The highest BCUT2D eigenvalue weighted by Crippen LogP contribution is 2.46. The molecule has 0 saturated heterocycles. The Morgan fingerprint density at radius 3 is 2.67 bits per heavy atom. The first-order chi connectivity index (χ1) is 14.5. The maximum atomic E-state index is 13.2. The zero-order valence-corrected chi connectivity index (χ0v) is 17.0. The van der Waals surface area contributed by atoms with Gasteiger partial charge in [-0.05, 0) is 86.1 Å². The van der Waals surface area contributed by atoms with Gasteiger partial charge in [-0.3, -0.25) is 14.8 Å². The van der Waals surface area contributed by atoms with Gasteiger partial charge in [-0.25, -0.2) is 4.39 Å². The SMILES string of the molecule is Cc1cncc(C2CCCc3nc(C4(NC(=O)c5ccc(F)cc5)CC4)ccc32)c1. The number of fused-ring (bicyclic) bond motifs is 1. The van der Waals surface area contributed by atoms with Crippen LogP contribution in [0.15, 0.2) is 54.9 Å². The molecule has 5 rings (SSSR count). The fraction of sp³-hybridized carbons (Fsp3) is 0.320. The minimum atomic E-state index is -0.404. The van der Waals surface area contributed by atoms with Crippen LogP contribution >= 0.6 is 0 Å². The summed E-state index contributed by atoms with van der Waals surface area (Å²) in [5, 5.41) is 3.14. The van der Waals surface area contributed by atoms with Crippen LogP contribution in [0.5, 0.6) is 0 Å². The van der Waals surface area contributed by atoms with E-state index in [1.165, 1.54) is 41.0 Å². The van der Waals surface area contributed by atoms with Crippen molar-refractivity contribution in [3.8, 4) is 0 Å². The largest absolute Gasteiger partial charge is 0.341 e. The summed E-state index contributed by atoms with van der Waals surface area (Å²) >= 11 is 0. The fourth-order valence-electron chi connectivity index (χ4n) is 4.50. The lowest BCUT2D eigenvalue weighted by Crippen LogP contribution is -2.36. The average molecular weight is 401 g/mol. The molecule has 0 bridgehead atoms. The molecule has 1 unspecified atom stereocenters. The van der Waals surface area contributed by atoms with E-state index >= 15 is 0 Å². The standard InChI is InChI=1S/C25H24FN3O/c1-16-13-18(15-27-14-16)20-3-2-4-22-21(20)9-10-23(28-22)25(11-12-25)29-24(30)17-5-7-19(26)8-6-17/h5-10,13-15,20H,2-4,11-12H2,1H3,(H,29,30). The maximum absolute atomic E-state index is 13.2. The lowest BCUT2D eigenvalue weighted by Gasteiger charge is -2.27. The van der Waals surface area contributed by atoms with Crippen molar-refractivity contribution < 1.29 is 9.18 Å². The van der Waals surface area contributed by atoms with Crippen LogP contribution in [0.3, 0.4) is 0 Å². The second kappa shape index (κ2) is 7.31. The molecule has 2 heterocycles. The third-order valence-electron chi connectivity index (χ3n) is 6.29. The van der Waals surface area contributed by atoms with Gasteiger partial charge in [-0.2, -0.15) is 0 Å². The molecule has 1 N–H and O–H groups in total. The van der Waals surface area contributed by atoms with Crippen molar-refractivity contribution in [1.29, 1.82) is 0 Å². The lowest BCUT2D eigenvalue weighted by molar-refractivity contribution is 0.0929. The van der Waals surface area contributed by atoms with E-state index in [1.54, 1.807) is 0 Å². The molecule has 3 aromatic rings. The first kappa shape index (κ1) is 18.9. The number of aryl methyl sites for hydroxylation is 2. The Labute approximate surface area is 175 Å². The molecule has 2 aliphatic rings. The molecular weight excluding hydrogens is 377 g/mol. The molecule has 1 atom stereocenters. The van der Waals surface area contributed by atoms with E-state index < -0.39 is 5.54 Å². The molecule has 0 aliphatic heterocycles. The molecule has 1 fully saturated rings. The summed E-state index contributed by atoms with van der Waals surface area (Å²) in [4.78, 5) is 22.1. The monoisotopic (exact) mass is 401 g/mol. The van der Waals surface area contributed by atoms with Crippen LogP contribution < -0.4 is 5.32 Å². The number of nitrogens with zero attached hydrogens (tertiary/aromatic N) is 2. The number of hydrogen-bond acceptors (Lipinski definition) is 3. The van der Waals surface area contributed by atoms with Crippen molar-refractivity contribution in [2.24, 2.45) is 0 Å². The molecule has 1 saturated carbocycles. The summed E-state index contributed by atoms with van der Waals surface area (Å²) in [5.74, 6) is -0.204. The molecule has 2 aromatic heterocycles. The van der Waals surface area contributed by atoms with Crippen LogP contribution in [0.1, 0.15) is 70.0 Å². The van der Waals surface area contributed by atoms with Crippen molar-refractivity contribution in [3.63, 3.8) is 0 Å². The van der Waals surface area contributed by atoms with Gasteiger partial charge in [-0.15, -0.1) is 0 Å².